The third-order valence-electron chi connectivity index (χ3n) is 5.19. The van der Waals surface area contributed by atoms with Crippen LogP contribution in [-0.2, 0) is 6.54 Å². The fourth-order valence-corrected chi connectivity index (χ4v) is 3.55. The van der Waals surface area contributed by atoms with Gasteiger partial charge in [-0.05, 0) is 41.3 Å². The SMILES string of the molecule is C#CCOc1ccc2c(c1)c(-c1ccc(C(C)C)cc1)nc(=O)n2Cc1cccnc1. The van der Waals surface area contributed by atoms with Gasteiger partial charge in [-0.3, -0.25) is 9.55 Å². The summed E-state index contributed by atoms with van der Waals surface area (Å²) in [5.74, 6) is 3.54. The monoisotopic (exact) mass is 409 g/mol. The fraction of sp³-hybridized carbons (Fsp3) is 0.192. The highest BCUT2D eigenvalue weighted by atomic mass is 16.5. The molecule has 0 aliphatic heterocycles. The van der Waals surface area contributed by atoms with Crippen LogP contribution in [0.25, 0.3) is 22.2 Å². The molecule has 4 aromatic rings. The van der Waals surface area contributed by atoms with Crippen molar-refractivity contribution < 1.29 is 4.74 Å². The molecule has 31 heavy (non-hydrogen) atoms. The normalized spacial score (nSPS) is 10.9. The highest BCUT2D eigenvalue weighted by Crippen LogP contribution is 2.30. The van der Waals surface area contributed by atoms with Crippen LogP contribution in [0.1, 0.15) is 30.9 Å². The molecular formula is C26H23N3O2. The van der Waals surface area contributed by atoms with Crippen molar-refractivity contribution in [2.45, 2.75) is 26.3 Å². The summed E-state index contributed by atoms with van der Waals surface area (Å²) in [5.41, 5.74) is 4.14. The molecule has 0 aliphatic carbocycles. The number of fused-ring (bicyclic) bond motifs is 1. The molecule has 4 rings (SSSR count). The Bertz CT molecular complexity index is 1300. The van der Waals surface area contributed by atoms with Crippen LogP contribution in [0.15, 0.2) is 71.8 Å². The minimum absolute atomic E-state index is 0.173. The van der Waals surface area contributed by atoms with E-state index in [9.17, 15) is 4.79 Å². The van der Waals surface area contributed by atoms with Crippen LogP contribution in [0, 0.1) is 12.3 Å². The Balaban J connectivity index is 1.89. The molecule has 0 N–H and O–H groups in total. The summed E-state index contributed by atoms with van der Waals surface area (Å²) in [6.45, 7) is 4.86. The Kier molecular flexibility index (Phi) is 5.81. The Morgan fingerprint density at radius 3 is 2.61 bits per heavy atom. The lowest BCUT2D eigenvalue weighted by atomic mass is 9.99. The molecule has 0 bridgehead atoms. The van der Waals surface area contributed by atoms with E-state index in [0.717, 1.165) is 22.0 Å². The van der Waals surface area contributed by atoms with Crippen molar-refractivity contribution in [2.75, 3.05) is 6.61 Å². The van der Waals surface area contributed by atoms with E-state index in [2.05, 4.69) is 41.9 Å². The van der Waals surface area contributed by atoms with Gasteiger partial charge in [-0.1, -0.05) is 50.1 Å². The molecule has 0 amide bonds. The maximum Gasteiger partial charge on any atom is 0.348 e. The average Bonchev–Trinajstić information content (AvgIpc) is 2.80. The quantitative estimate of drug-likeness (QED) is 0.435. The van der Waals surface area contributed by atoms with E-state index in [1.165, 1.54) is 5.56 Å². The first-order valence-corrected chi connectivity index (χ1v) is 10.2. The Morgan fingerprint density at radius 2 is 1.94 bits per heavy atom. The highest BCUT2D eigenvalue weighted by Gasteiger charge is 2.14. The van der Waals surface area contributed by atoms with E-state index in [-0.39, 0.29) is 12.3 Å². The van der Waals surface area contributed by atoms with Gasteiger partial charge in [0.1, 0.15) is 12.4 Å². The van der Waals surface area contributed by atoms with Crippen molar-refractivity contribution in [3.63, 3.8) is 0 Å². The second kappa shape index (κ2) is 8.85. The molecule has 0 radical (unpaired) electrons. The highest BCUT2D eigenvalue weighted by molar-refractivity contribution is 5.93. The topological polar surface area (TPSA) is 57.0 Å². The zero-order chi connectivity index (χ0) is 21.8. The van der Waals surface area contributed by atoms with E-state index in [1.807, 2.05) is 42.5 Å². The van der Waals surface area contributed by atoms with Gasteiger partial charge in [0.05, 0.1) is 17.8 Å². The first-order chi connectivity index (χ1) is 15.1. The molecule has 2 aromatic heterocycles. The number of hydrogen-bond acceptors (Lipinski definition) is 4. The van der Waals surface area contributed by atoms with Crippen LogP contribution in [0.4, 0.5) is 0 Å². The van der Waals surface area contributed by atoms with Crippen LogP contribution in [0.5, 0.6) is 5.75 Å². The van der Waals surface area contributed by atoms with Crippen molar-refractivity contribution in [2.24, 2.45) is 0 Å². The second-order valence-electron chi connectivity index (χ2n) is 7.64. The van der Waals surface area contributed by atoms with Gasteiger partial charge in [0, 0.05) is 23.3 Å². The number of terminal acetylenes is 1. The molecule has 0 saturated carbocycles. The summed E-state index contributed by atoms with van der Waals surface area (Å²) in [7, 11) is 0. The van der Waals surface area contributed by atoms with Crippen molar-refractivity contribution in [1.82, 2.24) is 14.5 Å². The summed E-state index contributed by atoms with van der Waals surface area (Å²) in [6.07, 6.45) is 8.80. The first kappa shape index (κ1) is 20.4. The standard InChI is InChI=1S/C26H23N3O2/c1-4-14-31-22-11-12-24-23(15-22)25(21-9-7-20(8-10-21)18(2)3)28-26(30)29(24)17-19-6-5-13-27-16-19/h1,5-13,15-16,18H,14,17H2,2-3H3. The summed E-state index contributed by atoms with van der Waals surface area (Å²) in [5, 5.41) is 0.829. The Labute approximate surface area is 181 Å². The number of benzene rings is 2. The Morgan fingerprint density at radius 1 is 1.13 bits per heavy atom. The summed E-state index contributed by atoms with van der Waals surface area (Å²) in [6, 6.07) is 17.6. The molecule has 2 aromatic carbocycles. The summed E-state index contributed by atoms with van der Waals surface area (Å²) in [4.78, 5) is 21.6. The summed E-state index contributed by atoms with van der Waals surface area (Å²) >= 11 is 0. The van der Waals surface area contributed by atoms with Crippen LogP contribution in [-0.4, -0.2) is 21.1 Å². The van der Waals surface area contributed by atoms with Crippen LogP contribution in [0.3, 0.4) is 0 Å². The smallest absolute Gasteiger partial charge is 0.348 e. The molecule has 0 unspecified atom stereocenters. The molecule has 154 valence electrons. The number of aromatic nitrogens is 3. The van der Waals surface area contributed by atoms with Crippen LogP contribution >= 0.6 is 0 Å². The average molecular weight is 409 g/mol. The van der Waals surface area contributed by atoms with Gasteiger partial charge in [0.15, 0.2) is 0 Å². The van der Waals surface area contributed by atoms with Crippen LogP contribution < -0.4 is 10.4 Å². The molecule has 0 saturated heterocycles. The number of pyridine rings is 1. The number of nitrogens with zero attached hydrogens (tertiary/aromatic N) is 3. The van der Waals surface area contributed by atoms with Crippen molar-refractivity contribution in [1.29, 1.82) is 0 Å². The van der Waals surface area contributed by atoms with E-state index in [4.69, 9.17) is 11.2 Å². The van der Waals surface area contributed by atoms with Crippen molar-refractivity contribution in [3.05, 3.63) is 88.6 Å². The number of hydrogen-bond donors (Lipinski definition) is 0. The molecule has 0 spiro atoms. The predicted octanol–water partition coefficient (Wildman–Crippen LogP) is 4.64. The molecule has 5 nitrogen and oxygen atoms in total. The largest absolute Gasteiger partial charge is 0.481 e. The van der Waals surface area contributed by atoms with Gasteiger partial charge in [-0.25, -0.2) is 4.79 Å². The van der Waals surface area contributed by atoms with Crippen molar-refractivity contribution >= 4 is 10.9 Å². The molecule has 0 aliphatic rings. The minimum Gasteiger partial charge on any atom is -0.481 e. The Hall–Kier alpha value is -3.91. The van der Waals surface area contributed by atoms with Crippen LogP contribution in [0.2, 0.25) is 0 Å². The lowest BCUT2D eigenvalue weighted by molar-refractivity contribution is 0.371. The van der Waals surface area contributed by atoms with Gasteiger partial charge >= 0.3 is 5.69 Å². The minimum atomic E-state index is -0.309. The lowest BCUT2D eigenvalue weighted by Crippen LogP contribution is -2.24. The molecular weight excluding hydrogens is 386 g/mol. The van der Waals surface area contributed by atoms with Crippen molar-refractivity contribution in [3.8, 4) is 29.4 Å². The van der Waals surface area contributed by atoms with Gasteiger partial charge in [0.25, 0.3) is 0 Å². The predicted molar refractivity (Wildman–Crippen MR) is 123 cm³/mol. The zero-order valence-electron chi connectivity index (χ0n) is 17.6. The third-order valence-corrected chi connectivity index (χ3v) is 5.19. The van der Waals surface area contributed by atoms with E-state index < -0.39 is 0 Å². The van der Waals surface area contributed by atoms with E-state index in [0.29, 0.717) is 23.9 Å². The fourth-order valence-electron chi connectivity index (χ4n) is 3.55. The first-order valence-electron chi connectivity index (χ1n) is 10.2. The third kappa shape index (κ3) is 4.34. The number of ether oxygens (including phenoxy) is 1. The molecule has 0 atom stereocenters. The maximum absolute atomic E-state index is 13.0. The molecule has 5 heteroatoms. The lowest BCUT2D eigenvalue weighted by Gasteiger charge is -2.15. The van der Waals surface area contributed by atoms with Gasteiger partial charge < -0.3 is 4.74 Å². The molecule has 2 heterocycles. The maximum atomic E-state index is 13.0. The number of rotatable bonds is 6. The second-order valence-corrected chi connectivity index (χ2v) is 7.64. The van der Waals surface area contributed by atoms with Gasteiger partial charge in [-0.15, -0.1) is 6.42 Å². The molecule has 0 fully saturated rings. The zero-order valence-corrected chi connectivity index (χ0v) is 17.6. The summed E-state index contributed by atoms with van der Waals surface area (Å²) < 4.78 is 7.29. The van der Waals surface area contributed by atoms with E-state index in [1.54, 1.807) is 17.0 Å². The van der Waals surface area contributed by atoms with E-state index >= 15 is 0 Å². The van der Waals surface area contributed by atoms with Gasteiger partial charge in [-0.2, -0.15) is 4.98 Å². The van der Waals surface area contributed by atoms with Gasteiger partial charge in [0.2, 0.25) is 0 Å².